The van der Waals surface area contributed by atoms with Gasteiger partial charge in [-0.05, 0) is 19.4 Å². The zero-order valence-electron chi connectivity index (χ0n) is 13.2. The summed E-state index contributed by atoms with van der Waals surface area (Å²) in [7, 11) is -4.35. The van der Waals surface area contributed by atoms with Crippen molar-refractivity contribution in [3.05, 3.63) is 27.8 Å². The number of aromatic hydroxyl groups is 1. The van der Waals surface area contributed by atoms with Crippen LogP contribution in [0.4, 0.5) is 5.69 Å². The smallest absolute Gasteiger partial charge is 0.320 e. The quantitative estimate of drug-likeness (QED) is 0.232. The van der Waals surface area contributed by atoms with E-state index >= 15 is 0 Å². The normalized spacial score (nSPS) is 15.8. The van der Waals surface area contributed by atoms with Crippen molar-refractivity contribution in [1.29, 1.82) is 0 Å². The molecule has 25 heavy (non-hydrogen) atoms. The van der Waals surface area contributed by atoms with Gasteiger partial charge in [0.05, 0.1) is 11.5 Å². The maximum atomic E-state index is 12.3. The van der Waals surface area contributed by atoms with Gasteiger partial charge in [-0.15, -0.1) is 0 Å². The molecule has 0 bridgehead atoms. The molecule has 140 valence electrons. The molecule has 0 radical (unpaired) electrons. The molecule has 3 atom stereocenters. The van der Waals surface area contributed by atoms with Crippen LogP contribution in [0.3, 0.4) is 0 Å². The first-order valence-electron chi connectivity index (χ1n) is 7.13. The highest BCUT2D eigenvalue weighted by atomic mass is 31.2. The van der Waals surface area contributed by atoms with Gasteiger partial charge in [-0.25, -0.2) is 0 Å². The lowest BCUT2D eigenvalue weighted by Gasteiger charge is -2.20. The van der Waals surface area contributed by atoms with E-state index in [-0.39, 0.29) is 24.3 Å². The molecule has 12 heteroatoms. The molecular weight excluding hydrogens is 359 g/mol. The minimum atomic E-state index is -4.35. The lowest BCUT2D eigenvalue weighted by Crippen LogP contribution is -2.31. The molecule has 1 unspecified atom stereocenters. The number of aliphatic hydroxyl groups is 1. The number of nitrogens with two attached hydrogens (primary N) is 1. The maximum absolute atomic E-state index is 12.3. The van der Waals surface area contributed by atoms with E-state index < -0.39 is 47.7 Å². The summed E-state index contributed by atoms with van der Waals surface area (Å²) >= 11 is 0. The number of nitro benzene ring substituents is 1. The second kappa shape index (κ2) is 8.26. The van der Waals surface area contributed by atoms with Gasteiger partial charge in [0, 0.05) is 17.8 Å². The topological polar surface area (TPSA) is 193 Å². The number of phenols is 1. The fourth-order valence-corrected chi connectivity index (χ4v) is 3.48. The third kappa shape index (κ3) is 5.13. The minimum Gasteiger partial charge on any atom is -0.500 e. The number of aliphatic hydroxyl groups excluding tert-OH is 1. The number of hydrogen-bond acceptors (Lipinski definition) is 8. The van der Waals surface area contributed by atoms with E-state index in [2.05, 4.69) is 0 Å². The van der Waals surface area contributed by atoms with E-state index in [9.17, 15) is 34.6 Å². The van der Waals surface area contributed by atoms with Crippen LogP contribution in [-0.2, 0) is 9.36 Å². The Morgan fingerprint density at radius 2 is 2.08 bits per heavy atom. The fourth-order valence-electron chi connectivity index (χ4n) is 1.97. The number of carbonyl (C=O) groups is 1. The number of benzene rings is 1. The molecule has 0 aliphatic carbocycles. The lowest BCUT2D eigenvalue weighted by atomic mass is 10.1. The molecular formula is C13H19N2O9P. The monoisotopic (exact) mass is 378 g/mol. The summed E-state index contributed by atoms with van der Waals surface area (Å²) < 4.78 is 17.3. The van der Waals surface area contributed by atoms with Gasteiger partial charge in [-0.3, -0.25) is 19.5 Å². The molecule has 1 rings (SSSR count). The zero-order chi connectivity index (χ0) is 19.4. The van der Waals surface area contributed by atoms with Crippen LogP contribution in [0.1, 0.15) is 24.8 Å². The number of carboxylic acid groups (broad SMARTS) is 1. The number of aliphatic carboxylic acids is 1. The maximum Gasteiger partial charge on any atom is 0.320 e. The van der Waals surface area contributed by atoms with Crippen molar-refractivity contribution >= 4 is 19.0 Å². The lowest BCUT2D eigenvalue weighted by molar-refractivity contribution is -0.386. The molecule has 1 aromatic carbocycles. The van der Waals surface area contributed by atoms with Crippen molar-refractivity contribution in [3.8, 4) is 11.5 Å². The number of nitro groups is 1. The van der Waals surface area contributed by atoms with Crippen molar-refractivity contribution in [2.75, 3.05) is 12.8 Å². The molecule has 6 N–H and O–H groups in total. The first kappa shape index (κ1) is 20.8. The second-order valence-electron chi connectivity index (χ2n) is 5.16. The van der Waals surface area contributed by atoms with E-state index in [0.717, 1.165) is 12.1 Å². The summed E-state index contributed by atoms with van der Waals surface area (Å²) in [4.78, 5) is 30.7. The number of nitrogens with zero attached hydrogens (tertiary/aromatic N) is 1. The van der Waals surface area contributed by atoms with Crippen LogP contribution < -0.4 is 10.5 Å². The predicted octanol–water partition coefficient (Wildman–Crippen LogP) is 0.762. The summed E-state index contributed by atoms with van der Waals surface area (Å²) in [6.07, 6.45) is -0.987. The van der Waals surface area contributed by atoms with Gasteiger partial charge in [0.1, 0.15) is 6.04 Å². The van der Waals surface area contributed by atoms with Crippen LogP contribution in [0.2, 0.25) is 0 Å². The molecule has 0 saturated heterocycles. The number of phenolic OH excluding ortho intramolecular Hbond substituents is 1. The molecule has 11 nitrogen and oxygen atoms in total. The van der Waals surface area contributed by atoms with Crippen LogP contribution >= 0.6 is 7.37 Å². The molecule has 0 saturated carbocycles. The van der Waals surface area contributed by atoms with Gasteiger partial charge < -0.3 is 30.7 Å². The third-order valence-corrected chi connectivity index (χ3v) is 5.29. The number of rotatable bonds is 9. The van der Waals surface area contributed by atoms with Crippen molar-refractivity contribution in [2.24, 2.45) is 5.73 Å². The standard InChI is InChI=1S/C13H19N2O9P/c1-2-24-10-6-7(5-9(11(10)16)15(20)21)13(19)25(22,23)4-3-8(14)12(17)18/h5-6,8,13,16,19H,2-4,14H2,1H3,(H,17,18)(H,22,23)/t8-,13+/m0/s1. The first-order chi connectivity index (χ1) is 11.5. The van der Waals surface area contributed by atoms with Crippen LogP contribution in [-0.4, -0.2) is 49.9 Å². The van der Waals surface area contributed by atoms with Crippen LogP contribution in [0, 0.1) is 10.1 Å². The van der Waals surface area contributed by atoms with Crippen molar-refractivity contribution < 1.29 is 39.2 Å². The Hall–Kier alpha value is -2.20. The van der Waals surface area contributed by atoms with Gasteiger partial charge in [0.25, 0.3) is 0 Å². The van der Waals surface area contributed by atoms with Crippen LogP contribution in [0.25, 0.3) is 0 Å². The molecule has 0 spiro atoms. The van der Waals surface area contributed by atoms with Gasteiger partial charge >= 0.3 is 11.7 Å². The SMILES string of the molecule is CCOc1cc([C@H](O)P(=O)(O)CC[C@H](N)C(=O)O)cc([N+](=O)[O-])c1O. The highest BCUT2D eigenvalue weighted by Gasteiger charge is 2.34. The second-order valence-corrected chi connectivity index (χ2v) is 7.61. The average Bonchev–Trinajstić information content (AvgIpc) is 2.53. The highest BCUT2D eigenvalue weighted by Crippen LogP contribution is 2.56. The minimum absolute atomic E-state index is 0.0501. The Bertz CT molecular complexity index is 709. The van der Waals surface area contributed by atoms with E-state index in [4.69, 9.17) is 15.6 Å². The van der Waals surface area contributed by atoms with E-state index in [1.165, 1.54) is 0 Å². The Labute approximate surface area is 142 Å². The Balaban J connectivity index is 3.18. The summed E-state index contributed by atoms with van der Waals surface area (Å²) in [5, 5.41) is 39.6. The highest BCUT2D eigenvalue weighted by molar-refractivity contribution is 7.58. The fraction of sp³-hybridized carbons (Fsp3) is 0.462. The van der Waals surface area contributed by atoms with Crippen LogP contribution in [0.15, 0.2) is 12.1 Å². The summed E-state index contributed by atoms with van der Waals surface area (Å²) in [6, 6.07) is 0.375. The summed E-state index contributed by atoms with van der Waals surface area (Å²) in [5.74, 6) is -4.50. The first-order valence-corrected chi connectivity index (χ1v) is 9.04. The third-order valence-electron chi connectivity index (χ3n) is 3.33. The van der Waals surface area contributed by atoms with E-state index in [1.807, 2.05) is 0 Å². The summed E-state index contributed by atoms with van der Waals surface area (Å²) in [6.45, 7) is 1.60. The van der Waals surface area contributed by atoms with Gasteiger partial charge in [-0.1, -0.05) is 0 Å². The van der Waals surface area contributed by atoms with Crippen molar-refractivity contribution in [3.63, 3.8) is 0 Å². The van der Waals surface area contributed by atoms with Crippen LogP contribution in [0.5, 0.6) is 11.5 Å². The van der Waals surface area contributed by atoms with E-state index in [0.29, 0.717) is 0 Å². The molecule has 0 fully saturated rings. The van der Waals surface area contributed by atoms with E-state index in [1.54, 1.807) is 6.92 Å². The molecule has 1 aromatic rings. The Morgan fingerprint density at radius 3 is 2.56 bits per heavy atom. The predicted molar refractivity (Wildman–Crippen MR) is 85.8 cm³/mol. The number of carboxylic acids is 1. The molecule has 0 aliphatic rings. The van der Waals surface area contributed by atoms with Gasteiger partial charge in [-0.2, -0.15) is 0 Å². The largest absolute Gasteiger partial charge is 0.500 e. The van der Waals surface area contributed by atoms with Gasteiger partial charge in [0.2, 0.25) is 13.1 Å². The molecule has 0 aliphatic heterocycles. The Morgan fingerprint density at radius 1 is 1.48 bits per heavy atom. The average molecular weight is 378 g/mol. The zero-order valence-corrected chi connectivity index (χ0v) is 14.1. The molecule has 0 heterocycles. The number of hydrogen-bond donors (Lipinski definition) is 5. The summed E-state index contributed by atoms with van der Waals surface area (Å²) in [5.41, 5.74) is 4.13. The van der Waals surface area contributed by atoms with Crippen molar-refractivity contribution in [2.45, 2.75) is 25.2 Å². The molecule has 0 aromatic heterocycles. The van der Waals surface area contributed by atoms with Gasteiger partial charge in [0.15, 0.2) is 11.6 Å². The van der Waals surface area contributed by atoms with Crippen molar-refractivity contribution in [1.82, 2.24) is 0 Å². The Kier molecular flexibility index (Phi) is 6.88. The molecule has 0 amide bonds. The number of ether oxygens (including phenoxy) is 1.